The van der Waals surface area contributed by atoms with E-state index in [0.29, 0.717) is 0 Å². The molecule has 21 heavy (non-hydrogen) atoms. The van der Waals surface area contributed by atoms with Crippen LogP contribution in [0.15, 0.2) is 10.9 Å². The quantitative estimate of drug-likeness (QED) is 0.869. The van der Waals surface area contributed by atoms with E-state index in [4.69, 9.17) is 0 Å². The maximum atomic E-state index is 11.8. The molecule has 1 saturated heterocycles. The van der Waals surface area contributed by atoms with Gasteiger partial charge in [0.25, 0.3) is 5.56 Å². The van der Waals surface area contributed by atoms with Gasteiger partial charge in [-0.05, 0) is 38.1 Å². The lowest BCUT2D eigenvalue weighted by Crippen LogP contribution is -2.38. The molecule has 2 aliphatic rings. The van der Waals surface area contributed by atoms with E-state index in [-0.39, 0.29) is 11.5 Å². The highest BCUT2D eigenvalue weighted by molar-refractivity contribution is 5.38. The van der Waals surface area contributed by atoms with E-state index in [1.54, 1.807) is 6.07 Å². The van der Waals surface area contributed by atoms with Crippen molar-refractivity contribution in [1.82, 2.24) is 15.3 Å². The van der Waals surface area contributed by atoms with Gasteiger partial charge in [0.1, 0.15) is 11.6 Å². The first-order valence-electron chi connectivity index (χ1n) is 8.21. The van der Waals surface area contributed by atoms with Crippen LogP contribution in [-0.2, 0) is 0 Å². The van der Waals surface area contributed by atoms with Crippen LogP contribution < -0.4 is 15.8 Å². The summed E-state index contributed by atoms with van der Waals surface area (Å²) in [5, 5.41) is 3.62. The Bertz CT molecular complexity index is 527. The molecule has 0 aromatic carbocycles. The van der Waals surface area contributed by atoms with Crippen LogP contribution in [0.3, 0.4) is 0 Å². The maximum absolute atomic E-state index is 11.8. The Morgan fingerprint density at radius 1 is 1.33 bits per heavy atom. The molecule has 116 valence electrons. The first-order chi connectivity index (χ1) is 10.1. The van der Waals surface area contributed by atoms with Gasteiger partial charge in [0.15, 0.2) is 0 Å². The Morgan fingerprint density at radius 3 is 2.67 bits per heavy atom. The largest absolute Gasteiger partial charge is 0.356 e. The summed E-state index contributed by atoms with van der Waals surface area (Å²) < 4.78 is 0. The van der Waals surface area contributed by atoms with Crippen LogP contribution in [0.25, 0.3) is 0 Å². The summed E-state index contributed by atoms with van der Waals surface area (Å²) in [4.78, 5) is 21.5. The molecule has 1 saturated carbocycles. The minimum absolute atomic E-state index is 0.0405. The smallest absolute Gasteiger partial charge is 0.252 e. The van der Waals surface area contributed by atoms with Crippen LogP contribution in [0.4, 0.5) is 5.82 Å². The van der Waals surface area contributed by atoms with E-state index in [0.717, 1.165) is 43.2 Å². The van der Waals surface area contributed by atoms with E-state index in [1.807, 2.05) is 0 Å². The molecule has 0 radical (unpaired) electrons. The molecule has 2 heterocycles. The topological polar surface area (TPSA) is 61.0 Å². The van der Waals surface area contributed by atoms with E-state index >= 15 is 0 Å². The monoisotopic (exact) mass is 290 g/mol. The first-order valence-corrected chi connectivity index (χ1v) is 8.21. The molecular formula is C16H26N4O. The van der Waals surface area contributed by atoms with Gasteiger partial charge in [0.2, 0.25) is 0 Å². The van der Waals surface area contributed by atoms with Crippen molar-refractivity contribution < 1.29 is 0 Å². The van der Waals surface area contributed by atoms with Gasteiger partial charge in [0.05, 0.1) is 0 Å². The molecule has 1 aromatic rings. The SMILES string of the molecule is CC(C)c1nc(N2CCC(CNC3CC3)CC2)cc(=O)[nH]1. The third kappa shape index (κ3) is 3.84. The third-order valence-corrected chi connectivity index (χ3v) is 4.50. The minimum Gasteiger partial charge on any atom is -0.356 e. The zero-order valence-electron chi connectivity index (χ0n) is 13.1. The highest BCUT2D eigenvalue weighted by Crippen LogP contribution is 2.24. The van der Waals surface area contributed by atoms with Gasteiger partial charge in [-0.25, -0.2) is 4.98 Å². The fourth-order valence-electron chi connectivity index (χ4n) is 2.89. The first kappa shape index (κ1) is 14.6. The predicted molar refractivity (Wildman–Crippen MR) is 84.9 cm³/mol. The molecule has 1 aliphatic carbocycles. The molecule has 2 N–H and O–H groups in total. The van der Waals surface area contributed by atoms with Crippen molar-refractivity contribution >= 4 is 5.82 Å². The summed E-state index contributed by atoms with van der Waals surface area (Å²) in [7, 11) is 0. The molecule has 0 spiro atoms. The average molecular weight is 290 g/mol. The number of aromatic nitrogens is 2. The number of piperidine rings is 1. The highest BCUT2D eigenvalue weighted by atomic mass is 16.1. The summed E-state index contributed by atoms with van der Waals surface area (Å²) >= 11 is 0. The second kappa shape index (κ2) is 6.18. The normalized spacial score (nSPS) is 20.2. The molecule has 0 unspecified atom stereocenters. The molecule has 1 aliphatic heterocycles. The molecule has 1 aromatic heterocycles. The summed E-state index contributed by atoms with van der Waals surface area (Å²) in [6.45, 7) is 7.27. The highest BCUT2D eigenvalue weighted by Gasteiger charge is 2.25. The van der Waals surface area contributed by atoms with Crippen molar-refractivity contribution in [3.63, 3.8) is 0 Å². The predicted octanol–water partition coefficient (Wildman–Crippen LogP) is 1.86. The number of aromatic amines is 1. The number of rotatable bonds is 5. The zero-order chi connectivity index (χ0) is 14.8. The Morgan fingerprint density at radius 2 is 2.05 bits per heavy atom. The van der Waals surface area contributed by atoms with Gasteiger partial charge in [-0.2, -0.15) is 0 Å². The number of anilines is 1. The van der Waals surface area contributed by atoms with Gasteiger partial charge < -0.3 is 15.2 Å². The van der Waals surface area contributed by atoms with Crippen molar-refractivity contribution in [2.75, 3.05) is 24.5 Å². The molecule has 3 rings (SSSR count). The zero-order valence-corrected chi connectivity index (χ0v) is 13.1. The van der Waals surface area contributed by atoms with Crippen LogP contribution in [-0.4, -0.2) is 35.6 Å². The standard InChI is InChI=1S/C16H26N4O/c1-11(2)16-18-14(9-15(21)19-16)20-7-5-12(6-8-20)10-17-13-3-4-13/h9,11-13,17H,3-8,10H2,1-2H3,(H,18,19,21). The minimum atomic E-state index is -0.0405. The van der Waals surface area contributed by atoms with Gasteiger partial charge >= 0.3 is 0 Å². The van der Waals surface area contributed by atoms with Crippen molar-refractivity contribution in [3.05, 3.63) is 22.2 Å². The van der Waals surface area contributed by atoms with Crippen LogP contribution >= 0.6 is 0 Å². The molecule has 0 atom stereocenters. The van der Waals surface area contributed by atoms with Crippen LogP contribution in [0.1, 0.15) is 51.3 Å². The lowest BCUT2D eigenvalue weighted by Gasteiger charge is -2.33. The number of hydrogen-bond donors (Lipinski definition) is 2. The molecule has 0 amide bonds. The second-order valence-electron chi connectivity index (χ2n) is 6.76. The third-order valence-electron chi connectivity index (χ3n) is 4.50. The Balaban J connectivity index is 1.59. The number of nitrogens with zero attached hydrogens (tertiary/aromatic N) is 2. The second-order valence-corrected chi connectivity index (χ2v) is 6.76. The van der Waals surface area contributed by atoms with Gasteiger partial charge in [-0.15, -0.1) is 0 Å². The molecule has 2 fully saturated rings. The fourth-order valence-corrected chi connectivity index (χ4v) is 2.89. The number of nitrogens with one attached hydrogen (secondary N) is 2. The van der Waals surface area contributed by atoms with Crippen LogP contribution in [0.5, 0.6) is 0 Å². The Labute approximate surface area is 126 Å². The van der Waals surface area contributed by atoms with Gasteiger partial charge in [-0.3, -0.25) is 4.79 Å². The van der Waals surface area contributed by atoms with E-state index in [1.165, 1.54) is 25.7 Å². The summed E-state index contributed by atoms with van der Waals surface area (Å²) in [5.74, 6) is 2.65. The van der Waals surface area contributed by atoms with Crippen LogP contribution in [0.2, 0.25) is 0 Å². The molecule has 5 nitrogen and oxygen atoms in total. The van der Waals surface area contributed by atoms with Crippen LogP contribution in [0, 0.1) is 5.92 Å². The number of hydrogen-bond acceptors (Lipinski definition) is 4. The number of H-pyrrole nitrogens is 1. The lowest BCUT2D eigenvalue weighted by atomic mass is 9.97. The van der Waals surface area contributed by atoms with Crippen molar-refractivity contribution in [3.8, 4) is 0 Å². The van der Waals surface area contributed by atoms with Gasteiger partial charge in [-0.1, -0.05) is 13.8 Å². The van der Waals surface area contributed by atoms with Crippen molar-refractivity contribution in [1.29, 1.82) is 0 Å². The summed E-state index contributed by atoms with van der Waals surface area (Å²) in [5.41, 5.74) is -0.0405. The van der Waals surface area contributed by atoms with Crippen molar-refractivity contribution in [2.45, 2.75) is 51.5 Å². The summed E-state index contributed by atoms with van der Waals surface area (Å²) in [6.07, 6.45) is 5.08. The Kier molecular flexibility index (Phi) is 4.29. The van der Waals surface area contributed by atoms with E-state index in [9.17, 15) is 4.79 Å². The van der Waals surface area contributed by atoms with Crippen molar-refractivity contribution in [2.24, 2.45) is 5.92 Å². The summed E-state index contributed by atoms with van der Waals surface area (Å²) in [6, 6.07) is 2.43. The molecule has 0 bridgehead atoms. The average Bonchev–Trinajstić information content (AvgIpc) is 3.29. The van der Waals surface area contributed by atoms with E-state index in [2.05, 4.69) is 34.0 Å². The van der Waals surface area contributed by atoms with E-state index < -0.39 is 0 Å². The fraction of sp³-hybridized carbons (Fsp3) is 0.750. The molecule has 5 heteroatoms. The lowest BCUT2D eigenvalue weighted by molar-refractivity contribution is 0.380. The Hall–Kier alpha value is -1.36. The van der Waals surface area contributed by atoms with Gasteiger partial charge in [0, 0.05) is 31.1 Å². The molecular weight excluding hydrogens is 264 g/mol. The maximum Gasteiger partial charge on any atom is 0.252 e.